The largest absolute Gasteiger partial charge is 0.330 e. The highest BCUT2D eigenvalue weighted by atomic mass is 35.5. The fourth-order valence-electron chi connectivity index (χ4n) is 1.97. The molecule has 1 aromatic rings. The highest BCUT2D eigenvalue weighted by molar-refractivity contribution is 6.33. The van der Waals surface area contributed by atoms with E-state index < -0.39 is 0 Å². The maximum atomic E-state index is 12.2. The molecule has 5 heteroatoms. The number of halogens is 1. The lowest BCUT2D eigenvalue weighted by molar-refractivity contribution is 0.0951. The van der Waals surface area contributed by atoms with Crippen molar-refractivity contribution in [2.75, 3.05) is 6.54 Å². The maximum Gasteiger partial charge on any atom is 0.182 e. The Hall–Kier alpha value is -0.870. The molecule has 1 heterocycles. The highest BCUT2D eigenvalue weighted by Gasteiger charge is 2.22. The molecule has 0 aliphatic heterocycles. The van der Waals surface area contributed by atoms with Crippen LogP contribution in [-0.2, 0) is 6.54 Å². The van der Waals surface area contributed by atoms with Crippen LogP contribution in [0.25, 0.3) is 0 Å². The van der Waals surface area contributed by atoms with Gasteiger partial charge >= 0.3 is 0 Å². The molecule has 0 aromatic carbocycles. The molecular formula is C13H22ClN3O. The molecule has 102 valence electrons. The van der Waals surface area contributed by atoms with Crippen LogP contribution >= 0.6 is 11.6 Å². The van der Waals surface area contributed by atoms with E-state index in [1.54, 1.807) is 4.68 Å². The summed E-state index contributed by atoms with van der Waals surface area (Å²) in [5, 5.41) is 4.52. The molecule has 0 atom stereocenters. The number of nitrogens with zero attached hydrogens (tertiary/aromatic N) is 2. The average molecular weight is 272 g/mol. The van der Waals surface area contributed by atoms with Crippen LogP contribution in [0.1, 0.15) is 50.5 Å². The second-order valence-electron chi connectivity index (χ2n) is 5.28. The minimum Gasteiger partial charge on any atom is -0.330 e. The molecule has 0 unspecified atom stereocenters. The second-order valence-corrected chi connectivity index (χ2v) is 5.69. The van der Waals surface area contributed by atoms with Crippen LogP contribution in [0.2, 0.25) is 5.02 Å². The highest BCUT2D eigenvalue weighted by Crippen LogP contribution is 2.27. The molecule has 18 heavy (non-hydrogen) atoms. The van der Waals surface area contributed by atoms with Gasteiger partial charge in [0.1, 0.15) is 5.69 Å². The maximum absolute atomic E-state index is 12.2. The van der Waals surface area contributed by atoms with E-state index in [0.29, 0.717) is 30.2 Å². The van der Waals surface area contributed by atoms with Gasteiger partial charge in [0.05, 0.1) is 11.2 Å². The Morgan fingerprint density at radius 1 is 1.50 bits per heavy atom. The molecule has 1 rings (SSSR count). The number of ketones is 1. The van der Waals surface area contributed by atoms with Crippen molar-refractivity contribution in [3.8, 4) is 0 Å². The third-order valence-corrected chi connectivity index (χ3v) is 3.49. The first kappa shape index (κ1) is 15.2. The quantitative estimate of drug-likeness (QED) is 0.776. The Kier molecular flexibility index (Phi) is 5.35. The normalized spacial score (nSPS) is 11.8. The molecule has 4 nitrogen and oxygen atoms in total. The van der Waals surface area contributed by atoms with Gasteiger partial charge in [-0.25, -0.2) is 0 Å². The number of nitrogens with two attached hydrogens (primary N) is 1. The van der Waals surface area contributed by atoms with Gasteiger partial charge in [0, 0.05) is 13.0 Å². The third-order valence-electron chi connectivity index (χ3n) is 3.21. The summed E-state index contributed by atoms with van der Waals surface area (Å²) in [4.78, 5) is 12.2. The van der Waals surface area contributed by atoms with Crippen molar-refractivity contribution < 1.29 is 4.79 Å². The second kappa shape index (κ2) is 6.34. The lowest BCUT2D eigenvalue weighted by Crippen LogP contribution is -2.19. The molecule has 0 aliphatic rings. The van der Waals surface area contributed by atoms with Crippen LogP contribution < -0.4 is 5.73 Å². The molecule has 0 saturated carbocycles. The van der Waals surface area contributed by atoms with E-state index in [4.69, 9.17) is 17.3 Å². The summed E-state index contributed by atoms with van der Waals surface area (Å²) >= 11 is 6.01. The van der Waals surface area contributed by atoms with E-state index in [1.807, 2.05) is 6.92 Å². The van der Waals surface area contributed by atoms with Crippen LogP contribution in [0, 0.1) is 5.41 Å². The summed E-state index contributed by atoms with van der Waals surface area (Å²) in [6, 6.07) is 0. The molecule has 2 N–H and O–H groups in total. The standard InChI is InChI=1S/C13H22ClN3O/c1-4-17-12(10(14)9-16-17)11(18)5-6-13(2,3)7-8-15/h9H,4-8,15H2,1-3H3. The molecule has 0 aliphatic carbocycles. The van der Waals surface area contributed by atoms with E-state index in [1.165, 1.54) is 6.20 Å². The Balaban J connectivity index is 2.68. The lowest BCUT2D eigenvalue weighted by atomic mass is 9.83. The summed E-state index contributed by atoms with van der Waals surface area (Å²) < 4.78 is 1.65. The van der Waals surface area contributed by atoms with Gasteiger partial charge in [0.25, 0.3) is 0 Å². The number of Topliss-reactive ketones (excluding diaryl/α,β-unsaturated/α-hetero) is 1. The Labute approximate surface area is 113 Å². The van der Waals surface area contributed by atoms with Crippen LogP contribution in [0.4, 0.5) is 0 Å². The van der Waals surface area contributed by atoms with E-state index in [2.05, 4.69) is 18.9 Å². The van der Waals surface area contributed by atoms with E-state index >= 15 is 0 Å². The smallest absolute Gasteiger partial charge is 0.182 e. The van der Waals surface area contributed by atoms with Crippen LogP contribution in [0.3, 0.4) is 0 Å². The number of rotatable bonds is 7. The molecule has 1 aromatic heterocycles. The van der Waals surface area contributed by atoms with Gasteiger partial charge in [-0.3, -0.25) is 9.48 Å². The topological polar surface area (TPSA) is 60.9 Å². The lowest BCUT2D eigenvalue weighted by Gasteiger charge is -2.23. The zero-order chi connectivity index (χ0) is 13.8. The van der Waals surface area contributed by atoms with Gasteiger partial charge in [0.2, 0.25) is 0 Å². The van der Waals surface area contributed by atoms with Gasteiger partial charge in [-0.15, -0.1) is 0 Å². The number of aryl methyl sites for hydroxylation is 1. The zero-order valence-corrected chi connectivity index (χ0v) is 12.1. The predicted molar refractivity (Wildman–Crippen MR) is 73.9 cm³/mol. The molecule has 0 amide bonds. The Bertz CT molecular complexity index is 412. The van der Waals surface area contributed by atoms with Crippen molar-refractivity contribution >= 4 is 17.4 Å². The monoisotopic (exact) mass is 271 g/mol. The average Bonchev–Trinajstić information content (AvgIpc) is 2.67. The fraction of sp³-hybridized carbons (Fsp3) is 0.692. The van der Waals surface area contributed by atoms with Crippen molar-refractivity contribution in [2.24, 2.45) is 11.1 Å². The van der Waals surface area contributed by atoms with Crippen LogP contribution in [0.15, 0.2) is 6.20 Å². The third kappa shape index (κ3) is 3.82. The molecule has 0 spiro atoms. The van der Waals surface area contributed by atoms with Crippen molar-refractivity contribution in [3.63, 3.8) is 0 Å². The van der Waals surface area contributed by atoms with Gasteiger partial charge in [-0.1, -0.05) is 25.4 Å². The first-order valence-electron chi connectivity index (χ1n) is 6.36. The number of hydrogen-bond donors (Lipinski definition) is 1. The van der Waals surface area contributed by atoms with Gasteiger partial charge in [0.15, 0.2) is 5.78 Å². The van der Waals surface area contributed by atoms with Crippen LogP contribution in [0.5, 0.6) is 0 Å². The molecule has 0 saturated heterocycles. The number of hydrogen-bond acceptors (Lipinski definition) is 3. The van der Waals surface area contributed by atoms with Gasteiger partial charge < -0.3 is 5.73 Å². The van der Waals surface area contributed by atoms with Crippen molar-refractivity contribution in [2.45, 2.75) is 46.6 Å². The summed E-state index contributed by atoms with van der Waals surface area (Å²) in [6.07, 6.45) is 3.75. The van der Waals surface area contributed by atoms with Crippen molar-refractivity contribution in [1.29, 1.82) is 0 Å². The van der Waals surface area contributed by atoms with Crippen molar-refractivity contribution in [1.82, 2.24) is 9.78 Å². The number of aromatic nitrogens is 2. The first-order chi connectivity index (χ1) is 8.41. The van der Waals surface area contributed by atoms with Gasteiger partial charge in [-0.05, 0) is 31.7 Å². The van der Waals surface area contributed by atoms with E-state index in [-0.39, 0.29) is 11.2 Å². The minimum atomic E-state index is 0.0597. The van der Waals surface area contributed by atoms with Crippen LogP contribution in [-0.4, -0.2) is 22.1 Å². The summed E-state index contributed by atoms with van der Waals surface area (Å²) in [5.41, 5.74) is 6.19. The number of carbonyl (C=O) groups is 1. The Morgan fingerprint density at radius 2 is 2.17 bits per heavy atom. The van der Waals surface area contributed by atoms with Crippen molar-refractivity contribution in [3.05, 3.63) is 16.9 Å². The van der Waals surface area contributed by atoms with Gasteiger partial charge in [-0.2, -0.15) is 5.10 Å². The molecule has 0 radical (unpaired) electrons. The number of carbonyl (C=O) groups excluding carboxylic acids is 1. The summed E-state index contributed by atoms with van der Waals surface area (Å²) in [7, 11) is 0. The molecule has 0 fully saturated rings. The summed E-state index contributed by atoms with van der Waals surface area (Å²) in [5.74, 6) is 0.0597. The fourth-order valence-corrected chi connectivity index (χ4v) is 2.21. The van der Waals surface area contributed by atoms with E-state index in [0.717, 1.165) is 12.8 Å². The molecular weight excluding hydrogens is 250 g/mol. The zero-order valence-electron chi connectivity index (χ0n) is 11.4. The van der Waals surface area contributed by atoms with E-state index in [9.17, 15) is 4.79 Å². The summed E-state index contributed by atoms with van der Waals surface area (Å²) in [6.45, 7) is 7.50. The predicted octanol–water partition coefficient (Wildman–Crippen LogP) is 2.89. The SMILES string of the molecule is CCn1ncc(Cl)c1C(=O)CCC(C)(C)CCN. The Morgan fingerprint density at radius 3 is 2.72 bits per heavy atom. The molecule has 0 bridgehead atoms. The first-order valence-corrected chi connectivity index (χ1v) is 6.73. The minimum absolute atomic E-state index is 0.0597.